The highest BCUT2D eigenvalue weighted by atomic mass is 16.4. The number of aromatic amines is 1. The molecule has 0 aliphatic heterocycles. The van der Waals surface area contributed by atoms with E-state index in [9.17, 15) is 14.7 Å². The van der Waals surface area contributed by atoms with E-state index < -0.39 is 11.4 Å². The fraction of sp³-hybridized carbons (Fsp3) is 0.400. The average Bonchev–Trinajstić information content (AvgIpc) is 3.37. The molecular weight excluding hydrogens is 418 g/mol. The number of hydrogen-bond acceptors (Lipinski definition) is 5. The minimum absolute atomic E-state index is 0.0193. The van der Waals surface area contributed by atoms with Gasteiger partial charge in [-0.3, -0.25) is 9.59 Å². The normalized spacial score (nSPS) is 11.4. The van der Waals surface area contributed by atoms with Crippen LogP contribution in [0.15, 0.2) is 48.5 Å². The number of nitrogens with zero attached hydrogens (tertiary/aromatic N) is 4. The van der Waals surface area contributed by atoms with E-state index in [0.717, 1.165) is 28.7 Å². The fourth-order valence-corrected chi connectivity index (χ4v) is 4.06. The fourth-order valence-electron chi connectivity index (χ4n) is 4.06. The number of carbonyl (C=O) groups excluding carboxylic acids is 1. The smallest absolute Gasteiger partial charge is 0.310 e. The van der Waals surface area contributed by atoms with Crippen LogP contribution in [0.5, 0.6) is 0 Å². The highest BCUT2D eigenvalue weighted by molar-refractivity contribution is 5.85. The second-order valence-electron chi connectivity index (χ2n) is 8.26. The maximum atomic E-state index is 13.1. The zero-order valence-electron chi connectivity index (χ0n) is 19.4. The number of amides is 1. The van der Waals surface area contributed by atoms with Crippen molar-refractivity contribution in [2.75, 3.05) is 6.54 Å². The molecule has 0 atom stereocenters. The standard InChI is InChI=1S/C25H31N5O3/c1-4-15-30(22(31)16-25(5-2,6-3)24(32)33)17-18-11-13-19(14-12-18)20-9-7-8-10-21(20)23-26-28-29-27-23/h7-14H,4-6,15-17H2,1-3H3,(H,32,33)(H,26,27,28,29). The molecule has 2 aromatic carbocycles. The maximum Gasteiger partial charge on any atom is 0.310 e. The van der Waals surface area contributed by atoms with Crippen LogP contribution < -0.4 is 0 Å². The summed E-state index contributed by atoms with van der Waals surface area (Å²) >= 11 is 0. The van der Waals surface area contributed by atoms with Gasteiger partial charge in [0.1, 0.15) is 0 Å². The quantitative estimate of drug-likeness (QED) is 0.444. The number of rotatable bonds is 11. The Morgan fingerprint density at radius 1 is 1.00 bits per heavy atom. The lowest BCUT2D eigenvalue weighted by atomic mass is 9.79. The number of tetrazole rings is 1. The minimum Gasteiger partial charge on any atom is -0.481 e. The van der Waals surface area contributed by atoms with Crippen molar-refractivity contribution in [2.24, 2.45) is 5.41 Å². The summed E-state index contributed by atoms with van der Waals surface area (Å²) in [6, 6.07) is 15.9. The second kappa shape index (κ2) is 10.8. The third-order valence-corrected chi connectivity index (χ3v) is 6.29. The van der Waals surface area contributed by atoms with Crippen molar-refractivity contribution in [3.63, 3.8) is 0 Å². The van der Waals surface area contributed by atoms with Crippen molar-refractivity contribution in [1.82, 2.24) is 25.5 Å². The van der Waals surface area contributed by atoms with Gasteiger partial charge in [0.15, 0.2) is 0 Å². The lowest BCUT2D eigenvalue weighted by Crippen LogP contribution is -2.39. The van der Waals surface area contributed by atoms with Crippen LogP contribution in [0.3, 0.4) is 0 Å². The molecule has 3 rings (SSSR count). The molecule has 0 spiro atoms. The lowest BCUT2D eigenvalue weighted by molar-refractivity contribution is -0.154. The molecule has 8 nitrogen and oxygen atoms in total. The molecule has 3 aromatic rings. The van der Waals surface area contributed by atoms with E-state index in [2.05, 4.69) is 20.6 Å². The van der Waals surface area contributed by atoms with Crippen LogP contribution in [0.4, 0.5) is 0 Å². The Labute approximate surface area is 194 Å². The molecule has 33 heavy (non-hydrogen) atoms. The SMILES string of the molecule is CCCN(Cc1ccc(-c2ccccc2-c2nn[nH]n2)cc1)C(=O)CC(CC)(CC)C(=O)O. The lowest BCUT2D eigenvalue weighted by Gasteiger charge is -2.30. The monoisotopic (exact) mass is 449 g/mol. The summed E-state index contributed by atoms with van der Waals surface area (Å²) in [5, 5.41) is 24.0. The summed E-state index contributed by atoms with van der Waals surface area (Å²) < 4.78 is 0. The Kier molecular flexibility index (Phi) is 7.92. The molecule has 0 saturated heterocycles. The third kappa shape index (κ3) is 5.45. The molecule has 1 amide bonds. The van der Waals surface area contributed by atoms with Gasteiger partial charge in [-0.25, -0.2) is 0 Å². The number of hydrogen-bond donors (Lipinski definition) is 2. The zero-order chi connectivity index (χ0) is 23.8. The van der Waals surface area contributed by atoms with E-state index in [1.807, 2.05) is 69.3 Å². The highest BCUT2D eigenvalue weighted by Gasteiger charge is 2.38. The molecule has 0 aliphatic rings. The third-order valence-electron chi connectivity index (χ3n) is 6.29. The molecule has 0 unspecified atom stereocenters. The topological polar surface area (TPSA) is 112 Å². The Morgan fingerprint density at radius 2 is 1.67 bits per heavy atom. The summed E-state index contributed by atoms with van der Waals surface area (Å²) in [5.41, 5.74) is 2.86. The summed E-state index contributed by atoms with van der Waals surface area (Å²) in [4.78, 5) is 26.7. The number of aliphatic carboxylic acids is 1. The van der Waals surface area contributed by atoms with Crippen molar-refractivity contribution >= 4 is 11.9 Å². The molecule has 1 heterocycles. The second-order valence-corrected chi connectivity index (χ2v) is 8.26. The Hall–Kier alpha value is -3.55. The van der Waals surface area contributed by atoms with Crippen LogP contribution in [0, 0.1) is 5.41 Å². The van der Waals surface area contributed by atoms with E-state index >= 15 is 0 Å². The summed E-state index contributed by atoms with van der Waals surface area (Å²) in [7, 11) is 0. The minimum atomic E-state index is -1.01. The van der Waals surface area contributed by atoms with Crippen molar-refractivity contribution in [3.05, 3.63) is 54.1 Å². The summed E-state index contributed by atoms with van der Waals surface area (Å²) in [6.07, 6.45) is 1.68. The van der Waals surface area contributed by atoms with Gasteiger partial charge < -0.3 is 10.0 Å². The zero-order valence-corrected chi connectivity index (χ0v) is 19.4. The van der Waals surface area contributed by atoms with Gasteiger partial charge in [-0.1, -0.05) is 69.3 Å². The average molecular weight is 450 g/mol. The predicted molar refractivity (Wildman–Crippen MR) is 126 cm³/mol. The van der Waals surface area contributed by atoms with Crippen molar-refractivity contribution in [2.45, 2.75) is 53.0 Å². The van der Waals surface area contributed by atoms with Crippen molar-refractivity contribution in [1.29, 1.82) is 0 Å². The highest BCUT2D eigenvalue weighted by Crippen LogP contribution is 2.33. The number of H-pyrrole nitrogens is 1. The number of nitrogens with one attached hydrogen (secondary N) is 1. The number of carbonyl (C=O) groups is 2. The molecule has 0 aliphatic carbocycles. The van der Waals surface area contributed by atoms with E-state index in [0.29, 0.717) is 31.8 Å². The number of carboxylic acids is 1. The Bertz CT molecular complexity index is 1060. The summed E-state index contributed by atoms with van der Waals surface area (Å²) in [6.45, 7) is 6.72. The van der Waals surface area contributed by atoms with E-state index in [1.54, 1.807) is 4.90 Å². The van der Waals surface area contributed by atoms with E-state index in [-0.39, 0.29) is 12.3 Å². The molecular formula is C25H31N5O3. The van der Waals surface area contributed by atoms with Crippen LogP contribution in [-0.4, -0.2) is 49.1 Å². The largest absolute Gasteiger partial charge is 0.481 e. The first-order chi connectivity index (χ1) is 15.9. The van der Waals surface area contributed by atoms with Gasteiger partial charge in [0.25, 0.3) is 0 Å². The summed E-state index contributed by atoms with van der Waals surface area (Å²) in [5.74, 6) is -0.487. The van der Waals surface area contributed by atoms with Crippen LogP contribution in [-0.2, 0) is 16.1 Å². The van der Waals surface area contributed by atoms with Gasteiger partial charge >= 0.3 is 5.97 Å². The molecule has 0 saturated carbocycles. The van der Waals surface area contributed by atoms with Gasteiger partial charge in [0, 0.05) is 25.1 Å². The van der Waals surface area contributed by atoms with Crippen LogP contribution >= 0.6 is 0 Å². The first-order valence-electron chi connectivity index (χ1n) is 11.4. The first kappa shape index (κ1) is 24.1. The van der Waals surface area contributed by atoms with Gasteiger partial charge in [-0.15, -0.1) is 10.2 Å². The molecule has 2 N–H and O–H groups in total. The van der Waals surface area contributed by atoms with Crippen LogP contribution in [0.1, 0.15) is 52.0 Å². The Morgan fingerprint density at radius 3 is 2.21 bits per heavy atom. The first-order valence-corrected chi connectivity index (χ1v) is 11.4. The van der Waals surface area contributed by atoms with E-state index in [1.165, 1.54) is 0 Å². The maximum absolute atomic E-state index is 13.1. The number of benzene rings is 2. The van der Waals surface area contributed by atoms with Crippen LogP contribution in [0.2, 0.25) is 0 Å². The molecule has 174 valence electrons. The molecule has 8 heteroatoms. The molecule has 1 aromatic heterocycles. The Balaban J connectivity index is 1.79. The number of carboxylic acid groups (broad SMARTS) is 1. The van der Waals surface area contributed by atoms with Crippen LogP contribution in [0.25, 0.3) is 22.5 Å². The predicted octanol–water partition coefficient (Wildman–Crippen LogP) is 4.55. The number of aromatic nitrogens is 4. The van der Waals surface area contributed by atoms with Crippen molar-refractivity contribution < 1.29 is 14.7 Å². The molecule has 0 fully saturated rings. The molecule has 0 bridgehead atoms. The van der Waals surface area contributed by atoms with Gasteiger partial charge in [0.2, 0.25) is 11.7 Å². The molecule has 0 radical (unpaired) electrons. The van der Waals surface area contributed by atoms with Gasteiger partial charge in [-0.05, 0) is 41.2 Å². The van der Waals surface area contributed by atoms with Gasteiger partial charge in [0.05, 0.1) is 5.41 Å². The van der Waals surface area contributed by atoms with Crippen molar-refractivity contribution in [3.8, 4) is 22.5 Å². The van der Waals surface area contributed by atoms with Gasteiger partial charge in [-0.2, -0.15) is 5.21 Å². The van der Waals surface area contributed by atoms with E-state index in [4.69, 9.17) is 0 Å².